The van der Waals surface area contributed by atoms with Crippen LogP contribution in [0.25, 0.3) is 0 Å². The minimum Gasteiger partial charge on any atom is -0.354 e. The fraction of sp³-hybridized carbons (Fsp3) is 0.200. The molecule has 0 fully saturated rings. The van der Waals surface area contributed by atoms with Gasteiger partial charge in [0, 0.05) is 18.2 Å². The smallest absolute Gasteiger partial charge is 0.177 e. The van der Waals surface area contributed by atoms with E-state index in [1.165, 1.54) is 18.2 Å². The van der Waals surface area contributed by atoms with E-state index >= 15 is 0 Å². The Morgan fingerprint density at radius 1 is 0.864 bits per heavy atom. The summed E-state index contributed by atoms with van der Waals surface area (Å²) in [5.41, 5.74) is 2.11. The zero-order chi connectivity index (χ0) is 16.5. The van der Waals surface area contributed by atoms with Crippen molar-refractivity contribution in [3.63, 3.8) is 0 Å². The van der Waals surface area contributed by atoms with Crippen LogP contribution in [0.2, 0.25) is 0 Å². The molecule has 118 valence electrons. The fourth-order valence-corrected chi connectivity index (χ4v) is 3.60. The molecule has 1 N–H and O–H groups in total. The summed E-state index contributed by atoms with van der Waals surface area (Å²) in [5.74, 6) is 0. The first-order valence-corrected chi connectivity index (χ1v) is 10.2. The molecule has 0 spiro atoms. The molecule has 2 aromatic rings. The van der Waals surface area contributed by atoms with Gasteiger partial charge in [-0.15, -0.1) is 0 Å². The van der Waals surface area contributed by atoms with Crippen molar-refractivity contribution in [3.8, 4) is 0 Å². The molecule has 0 unspecified atom stereocenters. The second-order valence-electron chi connectivity index (χ2n) is 5.20. The zero-order valence-electron chi connectivity index (χ0n) is 12.5. The highest BCUT2D eigenvalue weighted by Crippen LogP contribution is 2.28. The molecule has 0 saturated carbocycles. The van der Waals surface area contributed by atoms with Gasteiger partial charge in [0.2, 0.25) is 0 Å². The number of benzene rings is 2. The van der Waals surface area contributed by atoms with Crippen molar-refractivity contribution in [2.24, 2.45) is 0 Å². The summed E-state index contributed by atoms with van der Waals surface area (Å²) >= 11 is 0. The molecule has 22 heavy (non-hydrogen) atoms. The predicted octanol–water partition coefficient (Wildman–Crippen LogP) is 2.55. The molecule has 2 aromatic carbocycles. The second kappa shape index (κ2) is 5.73. The average molecular weight is 339 g/mol. The van der Waals surface area contributed by atoms with Gasteiger partial charge in [0.05, 0.1) is 15.5 Å². The van der Waals surface area contributed by atoms with Gasteiger partial charge in [0.1, 0.15) is 0 Å². The Labute approximate surface area is 130 Å². The van der Waals surface area contributed by atoms with E-state index in [0.29, 0.717) is 5.69 Å². The number of aryl methyl sites for hydroxylation is 1. The average Bonchev–Trinajstić information content (AvgIpc) is 2.36. The van der Waals surface area contributed by atoms with Gasteiger partial charge in [-0.2, -0.15) is 0 Å². The topological polar surface area (TPSA) is 80.3 Å². The molecule has 0 amide bonds. The lowest BCUT2D eigenvalue weighted by atomic mass is 10.2. The molecule has 0 bridgehead atoms. The Kier molecular flexibility index (Phi) is 4.30. The van der Waals surface area contributed by atoms with Gasteiger partial charge < -0.3 is 5.32 Å². The molecular weight excluding hydrogens is 322 g/mol. The quantitative estimate of drug-likeness (QED) is 0.926. The summed E-state index contributed by atoms with van der Waals surface area (Å²) in [4.78, 5) is -0.0698. The Morgan fingerprint density at radius 2 is 1.55 bits per heavy atom. The first-order chi connectivity index (χ1) is 10.1. The van der Waals surface area contributed by atoms with Crippen molar-refractivity contribution < 1.29 is 16.8 Å². The van der Waals surface area contributed by atoms with Crippen molar-refractivity contribution in [2.45, 2.75) is 16.7 Å². The van der Waals surface area contributed by atoms with Gasteiger partial charge in [-0.25, -0.2) is 16.8 Å². The molecular formula is C15H17NO4S2. The van der Waals surface area contributed by atoms with Crippen LogP contribution in [0.5, 0.6) is 0 Å². The fourth-order valence-electron chi connectivity index (χ4n) is 2.02. The number of hydrogen-bond donors (Lipinski definition) is 1. The molecule has 0 radical (unpaired) electrons. The Balaban J connectivity index is 2.57. The minimum absolute atomic E-state index is 0.0253. The maximum Gasteiger partial charge on any atom is 0.177 e. The van der Waals surface area contributed by atoms with E-state index in [2.05, 4.69) is 5.32 Å². The summed E-state index contributed by atoms with van der Waals surface area (Å²) < 4.78 is 47.1. The van der Waals surface area contributed by atoms with Crippen molar-refractivity contribution in [3.05, 3.63) is 48.0 Å². The number of hydrogen-bond acceptors (Lipinski definition) is 5. The van der Waals surface area contributed by atoms with Crippen LogP contribution in [0.4, 0.5) is 11.4 Å². The first-order valence-electron chi connectivity index (χ1n) is 6.45. The van der Waals surface area contributed by atoms with Crippen LogP contribution in [-0.4, -0.2) is 29.3 Å². The van der Waals surface area contributed by atoms with Crippen LogP contribution in [0.3, 0.4) is 0 Å². The molecule has 0 saturated heterocycles. The molecule has 0 aliphatic carbocycles. The maximum absolute atomic E-state index is 12.0. The molecule has 0 aromatic heterocycles. The summed E-state index contributed by atoms with van der Waals surface area (Å²) in [6.07, 6.45) is 2.10. The van der Waals surface area contributed by atoms with Crippen molar-refractivity contribution in [1.29, 1.82) is 0 Å². The van der Waals surface area contributed by atoms with E-state index < -0.39 is 19.7 Å². The molecule has 0 atom stereocenters. The molecule has 0 aliphatic heterocycles. The van der Waals surface area contributed by atoms with Crippen LogP contribution in [0.1, 0.15) is 5.56 Å². The third-order valence-corrected chi connectivity index (χ3v) is 5.32. The largest absolute Gasteiger partial charge is 0.354 e. The Morgan fingerprint density at radius 3 is 2.09 bits per heavy atom. The Bertz CT molecular complexity index is 916. The summed E-state index contributed by atoms with van der Waals surface area (Å²) in [7, 11) is -7.05. The van der Waals surface area contributed by atoms with Crippen LogP contribution in [0, 0.1) is 6.92 Å². The van der Waals surface area contributed by atoms with Crippen LogP contribution in [0.15, 0.2) is 52.3 Å². The van der Waals surface area contributed by atoms with E-state index in [1.807, 2.05) is 31.2 Å². The number of sulfone groups is 2. The number of nitrogens with one attached hydrogen (secondary N) is 1. The van der Waals surface area contributed by atoms with Gasteiger partial charge in [-0.3, -0.25) is 0 Å². The predicted molar refractivity (Wildman–Crippen MR) is 87.1 cm³/mol. The molecule has 2 rings (SSSR count). The SMILES string of the molecule is Cc1cccc(Nc2ccc(S(C)(=O)=O)cc2S(C)(=O)=O)c1. The van der Waals surface area contributed by atoms with Crippen LogP contribution < -0.4 is 5.32 Å². The monoisotopic (exact) mass is 339 g/mol. The summed E-state index contributed by atoms with van der Waals surface area (Å²) in [6.45, 7) is 1.93. The third kappa shape index (κ3) is 3.86. The highest BCUT2D eigenvalue weighted by molar-refractivity contribution is 7.91. The van der Waals surface area contributed by atoms with E-state index in [4.69, 9.17) is 0 Å². The second-order valence-corrected chi connectivity index (χ2v) is 9.20. The van der Waals surface area contributed by atoms with Crippen molar-refractivity contribution in [2.75, 3.05) is 17.8 Å². The standard InChI is InChI=1S/C15H17NO4S2/c1-11-5-4-6-12(9-11)16-14-8-7-13(21(2,17)18)10-15(14)22(3,19)20/h4-10,16H,1-3H3. The lowest BCUT2D eigenvalue weighted by Gasteiger charge is -2.12. The van der Waals surface area contributed by atoms with Gasteiger partial charge in [-0.05, 0) is 42.8 Å². The molecule has 0 aliphatic rings. The molecule has 7 heteroatoms. The van der Waals surface area contributed by atoms with Gasteiger partial charge in [-0.1, -0.05) is 12.1 Å². The number of rotatable bonds is 4. The van der Waals surface area contributed by atoms with Crippen molar-refractivity contribution >= 4 is 31.0 Å². The van der Waals surface area contributed by atoms with Gasteiger partial charge in [0.25, 0.3) is 0 Å². The lowest BCUT2D eigenvalue weighted by Crippen LogP contribution is -2.06. The summed E-state index contributed by atoms with van der Waals surface area (Å²) in [6, 6.07) is 11.5. The van der Waals surface area contributed by atoms with Gasteiger partial charge in [0.15, 0.2) is 19.7 Å². The number of anilines is 2. The van der Waals surface area contributed by atoms with Gasteiger partial charge >= 0.3 is 0 Å². The minimum atomic E-state index is -3.57. The Hall–Kier alpha value is -1.86. The van der Waals surface area contributed by atoms with E-state index in [1.54, 1.807) is 0 Å². The van der Waals surface area contributed by atoms with Crippen molar-refractivity contribution in [1.82, 2.24) is 0 Å². The molecule has 0 heterocycles. The van der Waals surface area contributed by atoms with Crippen LogP contribution >= 0.6 is 0 Å². The van der Waals surface area contributed by atoms with E-state index in [0.717, 1.165) is 23.8 Å². The van der Waals surface area contributed by atoms with E-state index in [9.17, 15) is 16.8 Å². The van der Waals surface area contributed by atoms with Crippen LogP contribution in [-0.2, 0) is 19.7 Å². The lowest BCUT2D eigenvalue weighted by molar-refractivity contribution is 0.600. The third-order valence-electron chi connectivity index (χ3n) is 3.08. The summed E-state index contributed by atoms with van der Waals surface area (Å²) in [5, 5.41) is 3.02. The zero-order valence-corrected chi connectivity index (χ0v) is 14.1. The molecule has 5 nitrogen and oxygen atoms in total. The highest BCUT2D eigenvalue weighted by Gasteiger charge is 2.18. The maximum atomic E-state index is 12.0. The first kappa shape index (κ1) is 16.5. The van der Waals surface area contributed by atoms with E-state index in [-0.39, 0.29) is 9.79 Å². The normalized spacial score (nSPS) is 12.1. The highest BCUT2D eigenvalue weighted by atomic mass is 32.2.